The Hall–Kier alpha value is -1.55. The molecule has 4 nitrogen and oxygen atoms in total. The van der Waals surface area contributed by atoms with Gasteiger partial charge < -0.3 is 10.2 Å². The van der Waals surface area contributed by atoms with E-state index in [1.165, 1.54) is 0 Å². The Morgan fingerprint density at radius 3 is 2.85 bits per heavy atom. The molecule has 1 aromatic carbocycles. The maximum Gasteiger partial charge on any atom is 0.229 e. The van der Waals surface area contributed by atoms with E-state index in [4.69, 9.17) is 11.6 Å². The number of para-hydroxylation sites is 1. The molecule has 0 bridgehead atoms. The lowest BCUT2D eigenvalue weighted by Crippen LogP contribution is -2.35. The Balaban J connectivity index is 2.01. The summed E-state index contributed by atoms with van der Waals surface area (Å²) in [7, 11) is 0. The number of nitrogens with zero attached hydrogens (tertiary/aromatic N) is 1. The van der Waals surface area contributed by atoms with Crippen molar-refractivity contribution in [3.05, 3.63) is 29.3 Å². The predicted molar refractivity (Wildman–Crippen MR) is 79.7 cm³/mol. The minimum absolute atomic E-state index is 0.0543. The van der Waals surface area contributed by atoms with Gasteiger partial charge >= 0.3 is 0 Å². The zero-order valence-corrected chi connectivity index (χ0v) is 12.5. The second-order valence-electron chi connectivity index (χ2n) is 5.17. The van der Waals surface area contributed by atoms with Crippen LogP contribution in [-0.4, -0.2) is 29.3 Å². The van der Waals surface area contributed by atoms with E-state index < -0.39 is 0 Å². The molecule has 1 heterocycles. The number of benzene rings is 1. The fourth-order valence-electron chi connectivity index (χ4n) is 2.35. The first-order chi connectivity index (χ1) is 9.52. The van der Waals surface area contributed by atoms with Crippen LogP contribution in [0.4, 0.5) is 5.69 Å². The van der Waals surface area contributed by atoms with Gasteiger partial charge in [-0.15, -0.1) is 0 Å². The zero-order valence-electron chi connectivity index (χ0n) is 11.7. The Morgan fingerprint density at radius 1 is 1.50 bits per heavy atom. The molecule has 5 heteroatoms. The van der Waals surface area contributed by atoms with E-state index in [-0.39, 0.29) is 30.2 Å². The number of amides is 2. The highest BCUT2D eigenvalue weighted by atomic mass is 35.5. The average Bonchev–Trinajstić information content (AvgIpc) is 2.82. The first-order valence-corrected chi connectivity index (χ1v) is 7.25. The first-order valence-electron chi connectivity index (χ1n) is 6.87. The SMILES string of the molecule is CCC(C)N1CC(C(=O)Nc2ccccc2Cl)CC1=O. The minimum Gasteiger partial charge on any atom is -0.339 e. The molecule has 1 aliphatic heterocycles. The molecule has 1 aliphatic rings. The summed E-state index contributed by atoms with van der Waals surface area (Å²) in [5, 5.41) is 3.30. The van der Waals surface area contributed by atoms with Crippen molar-refractivity contribution in [2.75, 3.05) is 11.9 Å². The van der Waals surface area contributed by atoms with E-state index in [2.05, 4.69) is 5.32 Å². The van der Waals surface area contributed by atoms with Crippen molar-refractivity contribution in [2.24, 2.45) is 5.92 Å². The number of carbonyl (C=O) groups excluding carboxylic acids is 2. The van der Waals surface area contributed by atoms with Gasteiger partial charge in [0.25, 0.3) is 0 Å². The summed E-state index contributed by atoms with van der Waals surface area (Å²) in [4.78, 5) is 25.9. The van der Waals surface area contributed by atoms with E-state index in [1.807, 2.05) is 26.0 Å². The van der Waals surface area contributed by atoms with Crippen LogP contribution in [0.25, 0.3) is 0 Å². The first kappa shape index (κ1) is 14.9. The highest BCUT2D eigenvalue weighted by molar-refractivity contribution is 6.33. The summed E-state index contributed by atoms with van der Waals surface area (Å²) in [6, 6.07) is 7.28. The van der Waals surface area contributed by atoms with Crippen molar-refractivity contribution in [3.8, 4) is 0 Å². The van der Waals surface area contributed by atoms with Crippen molar-refractivity contribution >= 4 is 29.1 Å². The molecular formula is C15H19ClN2O2. The number of likely N-dealkylation sites (tertiary alicyclic amines) is 1. The molecule has 1 aromatic rings. The van der Waals surface area contributed by atoms with Gasteiger partial charge in [0.1, 0.15) is 0 Å². The standard InChI is InChI=1S/C15H19ClN2O2/c1-3-10(2)18-9-11(8-14(18)19)15(20)17-13-7-5-4-6-12(13)16/h4-7,10-11H,3,8-9H2,1-2H3,(H,17,20). The summed E-state index contributed by atoms with van der Waals surface area (Å²) in [5.74, 6) is -0.385. The Morgan fingerprint density at radius 2 is 2.20 bits per heavy atom. The van der Waals surface area contributed by atoms with Gasteiger partial charge in [-0.3, -0.25) is 9.59 Å². The van der Waals surface area contributed by atoms with E-state index in [9.17, 15) is 9.59 Å². The van der Waals surface area contributed by atoms with E-state index in [0.717, 1.165) is 6.42 Å². The molecule has 2 rings (SSSR count). The van der Waals surface area contributed by atoms with E-state index in [1.54, 1.807) is 17.0 Å². The van der Waals surface area contributed by atoms with Crippen LogP contribution in [0.3, 0.4) is 0 Å². The van der Waals surface area contributed by atoms with Crippen LogP contribution in [0, 0.1) is 5.92 Å². The maximum absolute atomic E-state index is 12.2. The van der Waals surface area contributed by atoms with Crippen LogP contribution < -0.4 is 5.32 Å². The zero-order chi connectivity index (χ0) is 14.7. The van der Waals surface area contributed by atoms with Gasteiger partial charge in [-0.25, -0.2) is 0 Å². The number of hydrogen-bond donors (Lipinski definition) is 1. The van der Waals surface area contributed by atoms with Crippen LogP contribution in [0.5, 0.6) is 0 Å². The van der Waals surface area contributed by atoms with Crippen LogP contribution in [0.1, 0.15) is 26.7 Å². The highest BCUT2D eigenvalue weighted by Gasteiger charge is 2.36. The monoisotopic (exact) mass is 294 g/mol. The van der Waals surface area contributed by atoms with Crippen molar-refractivity contribution in [2.45, 2.75) is 32.7 Å². The number of carbonyl (C=O) groups is 2. The number of nitrogens with one attached hydrogen (secondary N) is 1. The Bertz CT molecular complexity index is 518. The van der Waals surface area contributed by atoms with Crippen LogP contribution >= 0.6 is 11.6 Å². The van der Waals surface area contributed by atoms with Gasteiger partial charge in [-0.2, -0.15) is 0 Å². The molecule has 2 amide bonds. The largest absolute Gasteiger partial charge is 0.339 e. The molecule has 0 spiro atoms. The Kier molecular flexibility index (Phi) is 4.65. The minimum atomic E-state index is -0.298. The van der Waals surface area contributed by atoms with Gasteiger partial charge in [-0.1, -0.05) is 30.7 Å². The summed E-state index contributed by atoms with van der Waals surface area (Å²) >= 11 is 6.01. The third-order valence-corrected chi connectivity index (χ3v) is 4.11. The molecule has 2 unspecified atom stereocenters. The van der Waals surface area contributed by atoms with Gasteiger partial charge in [0.2, 0.25) is 11.8 Å². The third-order valence-electron chi connectivity index (χ3n) is 3.78. The summed E-state index contributed by atoms with van der Waals surface area (Å²) in [5.41, 5.74) is 0.591. The molecule has 108 valence electrons. The third kappa shape index (κ3) is 3.12. The topological polar surface area (TPSA) is 49.4 Å². The van der Waals surface area contributed by atoms with Crippen LogP contribution in [-0.2, 0) is 9.59 Å². The Labute approximate surface area is 124 Å². The quantitative estimate of drug-likeness (QED) is 0.928. The molecule has 0 saturated carbocycles. The van der Waals surface area contributed by atoms with Crippen molar-refractivity contribution in [1.82, 2.24) is 4.90 Å². The number of rotatable bonds is 4. The molecule has 1 N–H and O–H groups in total. The lowest BCUT2D eigenvalue weighted by molar-refractivity contribution is -0.129. The van der Waals surface area contributed by atoms with Crippen molar-refractivity contribution in [1.29, 1.82) is 0 Å². The molecule has 1 fully saturated rings. The summed E-state index contributed by atoms with van der Waals surface area (Å²) in [6.45, 7) is 4.53. The highest BCUT2D eigenvalue weighted by Crippen LogP contribution is 2.25. The fourth-order valence-corrected chi connectivity index (χ4v) is 2.53. The normalized spacial score (nSPS) is 20.1. The molecule has 2 atom stereocenters. The number of hydrogen-bond acceptors (Lipinski definition) is 2. The van der Waals surface area contributed by atoms with Crippen molar-refractivity contribution < 1.29 is 9.59 Å². The van der Waals surface area contributed by atoms with Crippen LogP contribution in [0.15, 0.2) is 24.3 Å². The number of halogens is 1. The maximum atomic E-state index is 12.2. The molecule has 0 aliphatic carbocycles. The van der Waals surface area contributed by atoms with Gasteiger partial charge in [0, 0.05) is 19.0 Å². The van der Waals surface area contributed by atoms with Crippen molar-refractivity contribution in [3.63, 3.8) is 0 Å². The second-order valence-corrected chi connectivity index (χ2v) is 5.58. The second kappa shape index (κ2) is 6.27. The smallest absolute Gasteiger partial charge is 0.229 e. The van der Waals surface area contributed by atoms with Gasteiger partial charge in [0.15, 0.2) is 0 Å². The summed E-state index contributed by atoms with van der Waals surface area (Å²) < 4.78 is 0. The number of anilines is 1. The predicted octanol–water partition coefficient (Wildman–Crippen LogP) is 2.93. The molecule has 0 radical (unpaired) electrons. The average molecular weight is 295 g/mol. The lowest BCUT2D eigenvalue weighted by Gasteiger charge is -2.23. The van der Waals surface area contributed by atoms with E-state index in [0.29, 0.717) is 17.3 Å². The van der Waals surface area contributed by atoms with E-state index >= 15 is 0 Å². The molecule has 20 heavy (non-hydrogen) atoms. The van der Waals surface area contributed by atoms with Crippen LogP contribution in [0.2, 0.25) is 5.02 Å². The van der Waals surface area contributed by atoms with Gasteiger partial charge in [-0.05, 0) is 25.5 Å². The molecule has 1 saturated heterocycles. The summed E-state index contributed by atoms with van der Waals surface area (Å²) in [6.07, 6.45) is 1.17. The fraction of sp³-hybridized carbons (Fsp3) is 0.467. The molecule has 0 aromatic heterocycles. The van der Waals surface area contributed by atoms with Gasteiger partial charge in [0.05, 0.1) is 16.6 Å². The molecular weight excluding hydrogens is 276 g/mol. The lowest BCUT2D eigenvalue weighted by atomic mass is 10.1.